The highest BCUT2D eigenvalue weighted by Gasteiger charge is 2.15. The van der Waals surface area contributed by atoms with Crippen molar-refractivity contribution in [1.82, 2.24) is 5.48 Å². The van der Waals surface area contributed by atoms with E-state index >= 15 is 0 Å². The third-order valence-corrected chi connectivity index (χ3v) is 4.82. The van der Waals surface area contributed by atoms with Crippen molar-refractivity contribution in [2.45, 2.75) is 11.3 Å². The van der Waals surface area contributed by atoms with Gasteiger partial charge in [0.2, 0.25) is 5.91 Å². The predicted molar refractivity (Wildman–Crippen MR) is 89.1 cm³/mol. The number of sulfone groups is 1. The van der Waals surface area contributed by atoms with E-state index < -0.39 is 15.7 Å². The van der Waals surface area contributed by atoms with Crippen LogP contribution < -0.4 is 10.2 Å². The summed E-state index contributed by atoms with van der Waals surface area (Å²) in [5.41, 5.74) is 2.21. The van der Waals surface area contributed by atoms with Gasteiger partial charge in [-0.05, 0) is 24.3 Å². The highest BCUT2D eigenvalue weighted by molar-refractivity contribution is 7.91. The number of carbonyl (C=O) groups is 1. The molecule has 7 heteroatoms. The summed E-state index contributed by atoms with van der Waals surface area (Å²) in [6, 6.07) is 17.2. The second-order valence-corrected chi connectivity index (χ2v) is 7.03. The molecule has 0 fully saturated rings. The van der Waals surface area contributed by atoms with E-state index in [1.165, 1.54) is 12.1 Å². The second-order valence-electron chi connectivity index (χ2n) is 4.92. The van der Waals surface area contributed by atoms with Crippen molar-refractivity contribution in [3.63, 3.8) is 0 Å². The highest BCUT2D eigenvalue weighted by atomic mass is 32.2. The van der Waals surface area contributed by atoms with Crippen molar-refractivity contribution in [1.29, 1.82) is 0 Å². The fourth-order valence-corrected chi connectivity index (χ4v) is 3.13. The molecule has 0 saturated heterocycles. The Hall–Kier alpha value is -2.38. The molecule has 2 aromatic rings. The number of amides is 1. The molecular formula is C17H19NO5S. The van der Waals surface area contributed by atoms with Gasteiger partial charge in [-0.1, -0.05) is 36.4 Å². The van der Waals surface area contributed by atoms with Gasteiger partial charge in [0, 0.05) is 6.42 Å². The lowest BCUT2D eigenvalue weighted by Crippen LogP contribution is -2.27. The van der Waals surface area contributed by atoms with Crippen molar-refractivity contribution < 1.29 is 22.8 Å². The van der Waals surface area contributed by atoms with Crippen molar-refractivity contribution >= 4 is 15.7 Å². The molecule has 0 bridgehead atoms. The molecule has 0 radical (unpaired) electrons. The molecule has 0 aliphatic rings. The van der Waals surface area contributed by atoms with Crippen molar-refractivity contribution in [3.05, 3.63) is 60.7 Å². The zero-order valence-electron chi connectivity index (χ0n) is 13.1. The van der Waals surface area contributed by atoms with Gasteiger partial charge in [-0.2, -0.15) is 0 Å². The fourth-order valence-electron chi connectivity index (χ4n) is 1.87. The van der Waals surface area contributed by atoms with Crippen molar-refractivity contribution in [3.8, 4) is 5.75 Å². The van der Waals surface area contributed by atoms with E-state index in [0.717, 1.165) is 0 Å². The summed E-state index contributed by atoms with van der Waals surface area (Å²) in [4.78, 5) is 16.8. The number of rotatable bonds is 9. The van der Waals surface area contributed by atoms with Crippen LogP contribution in [0.25, 0.3) is 0 Å². The maximum atomic E-state index is 12.0. The van der Waals surface area contributed by atoms with E-state index in [2.05, 4.69) is 5.48 Å². The maximum Gasteiger partial charge on any atom is 0.244 e. The first-order valence-electron chi connectivity index (χ1n) is 7.44. The Morgan fingerprint density at radius 2 is 1.54 bits per heavy atom. The largest absolute Gasteiger partial charge is 0.491 e. The Morgan fingerprint density at radius 1 is 0.917 bits per heavy atom. The Balaban J connectivity index is 1.63. The Bertz CT molecular complexity index is 732. The first kappa shape index (κ1) is 18.0. The molecule has 1 N–H and O–H groups in total. The summed E-state index contributed by atoms with van der Waals surface area (Å²) >= 11 is 0. The Labute approximate surface area is 141 Å². The fraction of sp³-hybridized carbons (Fsp3) is 0.235. The first-order chi connectivity index (χ1) is 11.6. The zero-order chi connectivity index (χ0) is 17.3. The molecule has 2 aromatic carbocycles. The topological polar surface area (TPSA) is 81.7 Å². The molecular weight excluding hydrogens is 330 g/mol. The standard InChI is InChI=1S/C17H19NO5S/c19-17(11-14-24(20,21)16-9-5-2-6-10-16)18-23-13-12-22-15-7-3-1-4-8-15/h1-10H,11-14H2,(H,18,19). The summed E-state index contributed by atoms with van der Waals surface area (Å²) in [5.74, 6) is -0.0530. The molecule has 0 aliphatic carbocycles. The van der Waals surface area contributed by atoms with E-state index in [1.54, 1.807) is 18.2 Å². The lowest BCUT2D eigenvalue weighted by molar-refractivity contribution is -0.133. The second kappa shape index (κ2) is 9.05. The van der Waals surface area contributed by atoms with Crippen LogP contribution in [0.4, 0.5) is 0 Å². The molecule has 128 valence electrons. The molecule has 0 aromatic heterocycles. The predicted octanol–water partition coefficient (Wildman–Crippen LogP) is 1.98. The van der Waals surface area contributed by atoms with Gasteiger partial charge in [-0.15, -0.1) is 0 Å². The zero-order valence-corrected chi connectivity index (χ0v) is 13.9. The molecule has 6 nitrogen and oxygen atoms in total. The number of hydrogen-bond acceptors (Lipinski definition) is 5. The Morgan fingerprint density at radius 3 is 2.21 bits per heavy atom. The number of nitrogens with one attached hydrogen (secondary N) is 1. The van der Waals surface area contributed by atoms with Crippen LogP contribution in [0.15, 0.2) is 65.6 Å². The smallest absolute Gasteiger partial charge is 0.244 e. The molecule has 0 spiro atoms. The molecule has 1 amide bonds. The summed E-state index contributed by atoms with van der Waals surface area (Å²) in [6.07, 6.45) is -0.170. The van der Waals surface area contributed by atoms with Gasteiger partial charge >= 0.3 is 0 Å². The summed E-state index contributed by atoms with van der Waals surface area (Å²) < 4.78 is 29.4. The SMILES string of the molecule is O=C(CCS(=O)(=O)c1ccccc1)NOCCOc1ccccc1. The van der Waals surface area contributed by atoms with Crippen LogP contribution in [0.1, 0.15) is 6.42 Å². The van der Waals surface area contributed by atoms with Gasteiger partial charge < -0.3 is 4.74 Å². The minimum atomic E-state index is -3.47. The summed E-state index contributed by atoms with van der Waals surface area (Å²) in [5, 5.41) is 0. The lowest BCUT2D eigenvalue weighted by atomic mass is 10.3. The van der Waals surface area contributed by atoms with Crippen LogP contribution in [0.2, 0.25) is 0 Å². The number of para-hydroxylation sites is 1. The van der Waals surface area contributed by atoms with Gasteiger partial charge in [0.05, 0.1) is 10.6 Å². The van der Waals surface area contributed by atoms with Crippen LogP contribution in [0.5, 0.6) is 5.75 Å². The minimum Gasteiger partial charge on any atom is -0.491 e. The number of hydrogen-bond donors (Lipinski definition) is 1. The van der Waals surface area contributed by atoms with Crippen molar-refractivity contribution in [2.24, 2.45) is 0 Å². The Kier molecular flexibility index (Phi) is 6.77. The van der Waals surface area contributed by atoms with Crippen LogP contribution in [-0.2, 0) is 19.5 Å². The quantitative estimate of drug-likeness (QED) is 0.553. The third kappa shape index (κ3) is 6.02. The normalized spacial score (nSPS) is 11.0. The summed E-state index contributed by atoms with van der Waals surface area (Å²) in [7, 11) is -3.47. The van der Waals surface area contributed by atoms with Crippen LogP contribution in [-0.4, -0.2) is 33.3 Å². The molecule has 0 heterocycles. The summed E-state index contributed by atoms with van der Waals surface area (Å²) in [6.45, 7) is 0.429. The maximum absolute atomic E-state index is 12.0. The molecule has 24 heavy (non-hydrogen) atoms. The van der Waals surface area contributed by atoms with Crippen molar-refractivity contribution in [2.75, 3.05) is 19.0 Å². The lowest BCUT2D eigenvalue weighted by Gasteiger charge is -2.08. The van der Waals surface area contributed by atoms with E-state index in [0.29, 0.717) is 5.75 Å². The third-order valence-electron chi connectivity index (χ3n) is 3.08. The van der Waals surface area contributed by atoms with Gasteiger partial charge in [0.25, 0.3) is 0 Å². The molecule has 2 rings (SSSR count). The van der Waals surface area contributed by atoms with Crippen LogP contribution >= 0.6 is 0 Å². The van der Waals surface area contributed by atoms with Gasteiger partial charge in [-0.3, -0.25) is 9.63 Å². The van der Waals surface area contributed by atoms with E-state index in [-0.39, 0.29) is 30.3 Å². The van der Waals surface area contributed by atoms with Gasteiger partial charge in [0.15, 0.2) is 9.84 Å². The van der Waals surface area contributed by atoms with Crippen LogP contribution in [0, 0.1) is 0 Å². The molecule has 0 atom stereocenters. The van der Waals surface area contributed by atoms with E-state index in [9.17, 15) is 13.2 Å². The number of hydroxylamine groups is 1. The minimum absolute atomic E-state index is 0.159. The molecule has 0 aliphatic heterocycles. The van der Waals surface area contributed by atoms with Gasteiger partial charge in [0.1, 0.15) is 19.0 Å². The van der Waals surface area contributed by atoms with E-state index in [4.69, 9.17) is 9.57 Å². The number of ether oxygens (including phenoxy) is 1. The average molecular weight is 349 g/mol. The van der Waals surface area contributed by atoms with Gasteiger partial charge in [-0.25, -0.2) is 13.9 Å². The number of benzene rings is 2. The monoisotopic (exact) mass is 349 g/mol. The molecule has 0 saturated carbocycles. The molecule has 0 unspecified atom stereocenters. The van der Waals surface area contributed by atoms with Crippen LogP contribution in [0.3, 0.4) is 0 Å². The average Bonchev–Trinajstić information content (AvgIpc) is 2.61. The first-order valence-corrected chi connectivity index (χ1v) is 9.09. The number of carbonyl (C=O) groups excluding carboxylic acids is 1. The highest BCUT2D eigenvalue weighted by Crippen LogP contribution is 2.11. The van der Waals surface area contributed by atoms with E-state index in [1.807, 2.05) is 30.3 Å².